The van der Waals surface area contributed by atoms with Crippen molar-refractivity contribution in [1.82, 2.24) is 0 Å². The van der Waals surface area contributed by atoms with Gasteiger partial charge in [-0.2, -0.15) is 0 Å². The molecule has 0 unspecified atom stereocenters. The van der Waals surface area contributed by atoms with Crippen molar-refractivity contribution in [2.24, 2.45) is 0 Å². The van der Waals surface area contributed by atoms with Crippen LogP contribution in [0.2, 0.25) is 0 Å². The lowest BCUT2D eigenvalue weighted by Gasteiger charge is -2.16. The van der Waals surface area contributed by atoms with Gasteiger partial charge < -0.3 is 14.6 Å². The summed E-state index contributed by atoms with van der Waals surface area (Å²) in [7, 11) is 0. The second-order valence-electron chi connectivity index (χ2n) is 4.68. The summed E-state index contributed by atoms with van der Waals surface area (Å²) in [5, 5.41) is 9.66. The Morgan fingerprint density at radius 3 is 2.50 bits per heavy atom. The fourth-order valence-electron chi connectivity index (χ4n) is 2.58. The van der Waals surface area contributed by atoms with Crippen LogP contribution in [0.15, 0.2) is 24.3 Å². The zero-order chi connectivity index (χ0) is 11.1. The van der Waals surface area contributed by atoms with Gasteiger partial charge in [-0.25, -0.2) is 0 Å². The molecule has 0 saturated carbocycles. The van der Waals surface area contributed by atoms with Crippen LogP contribution in [0.5, 0.6) is 0 Å². The third kappa shape index (κ3) is 1.56. The first kappa shape index (κ1) is 10.3. The molecule has 3 nitrogen and oxygen atoms in total. The highest BCUT2D eigenvalue weighted by Crippen LogP contribution is 2.37. The molecule has 16 heavy (non-hydrogen) atoms. The minimum Gasteiger partial charge on any atom is -0.388 e. The van der Waals surface area contributed by atoms with Crippen molar-refractivity contribution in [3.8, 4) is 0 Å². The molecule has 3 heteroatoms. The molecule has 1 aromatic rings. The van der Waals surface area contributed by atoms with E-state index in [4.69, 9.17) is 9.47 Å². The molecular weight excluding hydrogens is 204 g/mol. The lowest BCUT2D eigenvalue weighted by molar-refractivity contribution is 0.0182. The van der Waals surface area contributed by atoms with Crippen molar-refractivity contribution in [1.29, 1.82) is 0 Å². The summed E-state index contributed by atoms with van der Waals surface area (Å²) < 4.78 is 11.2. The second kappa shape index (κ2) is 3.84. The number of aliphatic hydroxyl groups is 1. The molecule has 2 saturated heterocycles. The lowest BCUT2D eigenvalue weighted by atomic mass is 9.93. The van der Waals surface area contributed by atoms with Gasteiger partial charge in [0.05, 0.1) is 19.3 Å². The molecule has 0 aliphatic carbocycles. The lowest BCUT2D eigenvalue weighted by Crippen LogP contribution is -2.28. The largest absolute Gasteiger partial charge is 0.388 e. The van der Waals surface area contributed by atoms with Crippen LogP contribution in [-0.2, 0) is 9.47 Å². The van der Waals surface area contributed by atoms with Crippen molar-refractivity contribution < 1.29 is 14.6 Å². The third-order valence-electron chi connectivity index (χ3n) is 3.53. The van der Waals surface area contributed by atoms with E-state index in [-0.39, 0.29) is 18.1 Å². The Bertz CT molecular complexity index is 373. The Morgan fingerprint density at radius 1 is 1.06 bits per heavy atom. The van der Waals surface area contributed by atoms with Crippen LogP contribution < -0.4 is 0 Å². The average Bonchev–Trinajstić information content (AvgIpc) is 2.84. The molecule has 2 aliphatic heterocycles. The minimum absolute atomic E-state index is 0.0257. The smallest absolute Gasteiger partial charge is 0.112 e. The number of benzene rings is 1. The average molecular weight is 220 g/mol. The molecule has 86 valence electrons. The molecule has 0 amide bonds. The predicted octanol–water partition coefficient (Wildman–Crippen LogP) is 1.24. The molecule has 4 atom stereocenters. The SMILES string of the molecule is Cc1ccc([C@H]2CO[C@H]3[C@H]2OC[C@H]3O)cc1. The number of hydrogen-bond donors (Lipinski definition) is 1. The first-order chi connectivity index (χ1) is 7.75. The van der Waals surface area contributed by atoms with Gasteiger partial charge in [-0.3, -0.25) is 0 Å². The first-order valence-corrected chi connectivity index (χ1v) is 5.73. The Morgan fingerprint density at radius 2 is 1.75 bits per heavy atom. The molecule has 3 rings (SSSR count). The summed E-state index contributed by atoms with van der Waals surface area (Å²) in [6, 6.07) is 8.46. The number of aryl methyl sites for hydroxylation is 1. The maximum atomic E-state index is 9.66. The standard InChI is InChI=1S/C13H16O3/c1-8-2-4-9(5-3-8)10-6-15-13-11(14)7-16-12(10)13/h2-5,10-14H,6-7H2,1H3/t10-,11-,12+,13-/m1/s1. The van der Waals surface area contributed by atoms with Gasteiger partial charge in [0.25, 0.3) is 0 Å². The summed E-state index contributed by atoms with van der Waals surface area (Å²) in [5.41, 5.74) is 2.50. The van der Waals surface area contributed by atoms with Gasteiger partial charge in [0, 0.05) is 5.92 Å². The zero-order valence-electron chi connectivity index (χ0n) is 9.30. The Kier molecular flexibility index (Phi) is 2.46. The van der Waals surface area contributed by atoms with E-state index in [0.717, 1.165) is 0 Å². The maximum Gasteiger partial charge on any atom is 0.112 e. The van der Waals surface area contributed by atoms with E-state index < -0.39 is 6.10 Å². The Hall–Kier alpha value is -0.900. The highest BCUT2D eigenvalue weighted by atomic mass is 16.6. The normalized spacial score (nSPS) is 37.6. The van der Waals surface area contributed by atoms with Gasteiger partial charge >= 0.3 is 0 Å². The van der Waals surface area contributed by atoms with Gasteiger partial charge in [-0.1, -0.05) is 29.8 Å². The summed E-state index contributed by atoms with van der Waals surface area (Å²) in [4.78, 5) is 0. The third-order valence-corrected chi connectivity index (χ3v) is 3.53. The van der Waals surface area contributed by atoms with Crippen molar-refractivity contribution >= 4 is 0 Å². The zero-order valence-corrected chi connectivity index (χ0v) is 9.30. The Balaban J connectivity index is 1.84. The van der Waals surface area contributed by atoms with E-state index in [0.29, 0.717) is 13.2 Å². The number of aliphatic hydroxyl groups excluding tert-OH is 1. The fraction of sp³-hybridized carbons (Fsp3) is 0.538. The molecule has 0 bridgehead atoms. The van der Waals surface area contributed by atoms with Gasteiger partial charge in [0.15, 0.2) is 0 Å². The highest BCUT2D eigenvalue weighted by Gasteiger charge is 2.47. The van der Waals surface area contributed by atoms with Crippen molar-refractivity contribution in [3.05, 3.63) is 35.4 Å². The molecule has 2 fully saturated rings. The van der Waals surface area contributed by atoms with E-state index in [9.17, 15) is 5.11 Å². The predicted molar refractivity (Wildman–Crippen MR) is 59.4 cm³/mol. The molecule has 0 aromatic heterocycles. The minimum atomic E-state index is -0.458. The van der Waals surface area contributed by atoms with Gasteiger partial charge in [-0.05, 0) is 12.5 Å². The van der Waals surface area contributed by atoms with Gasteiger partial charge in [0.2, 0.25) is 0 Å². The number of hydrogen-bond acceptors (Lipinski definition) is 3. The van der Waals surface area contributed by atoms with Crippen LogP contribution in [0.1, 0.15) is 17.0 Å². The summed E-state index contributed by atoms with van der Waals surface area (Å²) in [5.74, 6) is 0.266. The molecule has 1 aromatic carbocycles. The van der Waals surface area contributed by atoms with Gasteiger partial charge in [0.1, 0.15) is 12.2 Å². The highest BCUT2D eigenvalue weighted by molar-refractivity contribution is 5.27. The fourth-order valence-corrected chi connectivity index (χ4v) is 2.58. The summed E-state index contributed by atoms with van der Waals surface area (Å²) in [6.07, 6.45) is -0.565. The van der Waals surface area contributed by atoms with E-state index in [1.165, 1.54) is 11.1 Å². The number of ether oxygens (including phenoxy) is 2. The van der Waals surface area contributed by atoms with Crippen LogP contribution in [0.3, 0.4) is 0 Å². The van der Waals surface area contributed by atoms with E-state index in [1.54, 1.807) is 0 Å². The number of fused-ring (bicyclic) bond motifs is 1. The van der Waals surface area contributed by atoms with E-state index in [1.807, 2.05) is 0 Å². The van der Waals surface area contributed by atoms with Crippen molar-refractivity contribution in [2.45, 2.75) is 31.2 Å². The molecule has 0 radical (unpaired) electrons. The molecule has 1 N–H and O–H groups in total. The first-order valence-electron chi connectivity index (χ1n) is 5.73. The Labute approximate surface area is 95.0 Å². The van der Waals surface area contributed by atoms with Crippen LogP contribution in [0.25, 0.3) is 0 Å². The monoisotopic (exact) mass is 220 g/mol. The summed E-state index contributed by atoms with van der Waals surface area (Å²) >= 11 is 0. The molecule has 2 aliphatic rings. The quantitative estimate of drug-likeness (QED) is 0.773. The van der Waals surface area contributed by atoms with Crippen molar-refractivity contribution in [3.63, 3.8) is 0 Å². The van der Waals surface area contributed by atoms with Gasteiger partial charge in [-0.15, -0.1) is 0 Å². The van der Waals surface area contributed by atoms with Crippen molar-refractivity contribution in [2.75, 3.05) is 13.2 Å². The topological polar surface area (TPSA) is 38.7 Å². The van der Waals surface area contributed by atoms with Crippen LogP contribution >= 0.6 is 0 Å². The van der Waals surface area contributed by atoms with Crippen LogP contribution in [-0.4, -0.2) is 36.6 Å². The van der Waals surface area contributed by atoms with E-state index >= 15 is 0 Å². The summed E-state index contributed by atoms with van der Waals surface area (Å²) in [6.45, 7) is 3.13. The maximum absolute atomic E-state index is 9.66. The van der Waals surface area contributed by atoms with E-state index in [2.05, 4.69) is 31.2 Å². The molecular formula is C13H16O3. The second-order valence-corrected chi connectivity index (χ2v) is 4.68. The molecule has 0 spiro atoms. The van der Waals surface area contributed by atoms with Crippen LogP contribution in [0.4, 0.5) is 0 Å². The number of rotatable bonds is 1. The van der Waals surface area contributed by atoms with Crippen LogP contribution in [0, 0.1) is 6.92 Å². The molecule has 2 heterocycles.